The number of nitrogens with zero attached hydrogens (tertiary/aromatic N) is 1. The van der Waals surface area contributed by atoms with Crippen molar-refractivity contribution in [3.8, 4) is 17.0 Å². The molecule has 0 unspecified atom stereocenters. The van der Waals surface area contributed by atoms with Crippen LogP contribution in [-0.2, 0) is 11.3 Å². The molecule has 1 fully saturated rings. The van der Waals surface area contributed by atoms with E-state index < -0.39 is 17.4 Å². The molecule has 3 N–H and O–H groups in total. The van der Waals surface area contributed by atoms with Crippen molar-refractivity contribution in [3.05, 3.63) is 83.4 Å². The molecule has 2 aliphatic rings. The summed E-state index contributed by atoms with van der Waals surface area (Å²) in [6, 6.07) is 20.0. The maximum absolute atomic E-state index is 13.5. The molecule has 2 heterocycles. The standard InChI is InChI=1S/C34H35N3O5/c1-34(2,33(41)35-24-12-8-11-23(19-24)32(39)40)36-31(38)22-15-16-25-27(20-22)37-17-18-42-28-14-7-6-13-26(28)30(37)29(25)21-9-4-3-5-10-21/h6-8,11-16,19-21H,3-5,9-10,17-18H2,1-2H3,(H,35,41)(H,36,38)(H,39,40). The number of carboxylic acids is 1. The zero-order chi connectivity index (χ0) is 29.4. The van der Waals surface area contributed by atoms with Crippen LogP contribution in [0.1, 0.15) is 78.1 Å². The van der Waals surface area contributed by atoms with E-state index in [1.807, 2.05) is 30.3 Å². The van der Waals surface area contributed by atoms with Crippen molar-refractivity contribution in [2.24, 2.45) is 0 Å². The summed E-state index contributed by atoms with van der Waals surface area (Å²) in [5, 5.41) is 16.0. The molecule has 0 bridgehead atoms. The highest BCUT2D eigenvalue weighted by Crippen LogP contribution is 2.47. The van der Waals surface area contributed by atoms with Crippen LogP contribution < -0.4 is 15.4 Å². The number of ether oxygens (including phenoxy) is 1. The number of rotatable bonds is 6. The number of aromatic nitrogens is 1. The Morgan fingerprint density at radius 2 is 1.71 bits per heavy atom. The first-order chi connectivity index (χ1) is 20.2. The number of amides is 2. The second kappa shape index (κ2) is 11.0. The van der Waals surface area contributed by atoms with Gasteiger partial charge in [-0.2, -0.15) is 0 Å². The summed E-state index contributed by atoms with van der Waals surface area (Å²) >= 11 is 0. The number of carboxylic acid groups (broad SMARTS) is 1. The normalized spacial score (nSPS) is 15.2. The Labute approximate surface area is 244 Å². The van der Waals surface area contributed by atoms with Crippen molar-refractivity contribution >= 4 is 34.4 Å². The van der Waals surface area contributed by atoms with Crippen LogP contribution in [0.15, 0.2) is 66.7 Å². The maximum Gasteiger partial charge on any atom is 0.335 e. The minimum Gasteiger partial charge on any atom is -0.491 e. The number of fused-ring (bicyclic) bond motifs is 5. The molecular formula is C34H35N3O5. The lowest BCUT2D eigenvalue weighted by Gasteiger charge is -2.25. The van der Waals surface area contributed by atoms with Gasteiger partial charge in [-0.25, -0.2) is 4.79 Å². The summed E-state index contributed by atoms with van der Waals surface area (Å²) in [5.41, 5.74) is 4.22. The lowest BCUT2D eigenvalue weighted by atomic mass is 9.81. The molecule has 2 amide bonds. The monoisotopic (exact) mass is 565 g/mol. The van der Waals surface area contributed by atoms with Crippen molar-refractivity contribution in [1.29, 1.82) is 0 Å². The summed E-state index contributed by atoms with van der Waals surface area (Å²) in [5.74, 6) is -0.568. The number of nitrogens with one attached hydrogen (secondary N) is 2. The molecule has 42 heavy (non-hydrogen) atoms. The SMILES string of the molecule is CC(C)(NC(=O)c1ccc2c(C3CCCCC3)c3n(c2c1)CCOc1ccccc1-3)C(=O)Nc1cccc(C(=O)O)c1. The Morgan fingerprint density at radius 3 is 2.50 bits per heavy atom. The molecule has 6 rings (SSSR count). The Kier molecular flexibility index (Phi) is 7.22. The fourth-order valence-corrected chi connectivity index (χ4v) is 6.31. The molecule has 4 aromatic rings. The van der Waals surface area contributed by atoms with Crippen LogP contribution >= 0.6 is 0 Å². The molecule has 1 aliphatic heterocycles. The number of anilines is 1. The Bertz CT molecular complexity index is 1700. The van der Waals surface area contributed by atoms with E-state index >= 15 is 0 Å². The first kappa shape index (κ1) is 27.6. The maximum atomic E-state index is 13.5. The van der Waals surface area contributed by atoms with Gasteiger partial charge in [0.05, 0.1) is 17.8 Å². The highest BCUT2D eigenvalue weighted by molar-refractivity contribution is 6.05. The Morgan fingerprint density at radius 1 is 0.929 bits per heavy atom. The van der Waals surface area contributed by atoms with Gasteiger partial charge >= 0.3 is 5.97 Å². The minimum atomic E-state index is -1.26. The molecular weight excluding hydrogens is 530 g/mol. The van der Waals surface area contributed by atoms with E-state index in [-0.39, 0.29) is 11.5 Å². The number of aromatic carboxylic acids is 1. The Hall–Kier alpha value is -4.59. The van der Waals surface area contributed by atoms with Gasteiger partial charge in [-0.15, -0.1) is 0 Å². The number of benzene rings is 3. The largest absolute Gasteiger partial charge is 0.491 e. The zero-order valence-corrected chi connectivity index (χ0v) is 23.9. The van der Waals surface area contributed by atoms with E-state index in [2.05, 4.69) is 27.3 Å². The average molecular weight is 566 g/mol. The number of hydrogen-bond donors (Lipinski definition) is 3. The average Bonchev–Trinajstić information content (AvgIpc) is 3.18. The van der Waals surface area contributed by atoms with E-state index in [0.717, 1.165) is 29.7 Å². The topological polar surface area (TPSA) is 110 Å². The van der Waals surface area contributed by atoms with Gasteiger partial charge < -0.3 is 25.0 Å². The van der Waals surface area contributed by atoms with Crippen LogP contribution in [0.4, 0.5) is 5.69 Å². The first-order valence-corrected chi connectivity index (χ1v) is 14.6. The summed E-state index contributed by atoms with van der Waals surface area (Å²) in [4.78, 5) is 38.0. The summed E-state index contributed by atoms with van der Waals surface area (Å²) in [6.07, 6.45) is 6.00. The van der Waals surface area contributed by atoms with Gasteiger partial charge in [-0.05, 0) is 80.6 Å². The van der Waals surface area contributed by atoms with Crippen molar-refractivity contribution < 1.29 is 24.2 Å². The molecule has 216 valence electrons. The predicted octanol–water partition coefficient (Wildman–Crippen LogP) is 6.59. The number of carbonyl (C=O) groups excluding carboxylic acids is 2. The van der Waals surface area contributed by atoms with E-state index in [0.29, 0.717) is 30.3 Å². The number of para-hydroxylation sites is 1. The van der Waals surface area contributed by atoms with Gasteiger partial charge in [-0.3, -0.25) is 9.59 Å². The third-order valence-electron chi connectivity index (χ3n) is 8.46. The molecule has 0 atom stereocenters. The lowest BCUT2D eigenvalue weighted by Crippen LogP contribution is -2.52. The summed E-state index contributed by atoms with van der Waals surface area (Å²) in [7, 11) is 0. The zero-order valence-electron chi connectivity index (χ0n) is 23.9. The second-order valence-electron chi connectivity index (χ2n) is 11.7. The fourth-order valence-electron chi connectivity index (χ4n) is 6.31. The van der Waals surface area contributed by atoms with E-state index in [4.69, 9.17) is 4.74 Å². The third kappa shape index (κ3) is 5.13. The van der Waals surface area contributed by atoms with Crippen LogP contribution in [0, 0.1) is 0 Å². The first-order valence-electron chi connectivity index (χ1n) is 14.6. The molecule has 8 heteroatoms. The van der Waals surface area contributed by atoms with Crippen molar-refractivity contribution in [1.82, 2.24) is 9.88 Å². The summed E-state index contributed by atoms with van der Waals surface area (Å²) < 4.78 is 8.44. The van der Waals surface area contributed by atoms with Gasteiger partial charge in [0, 0.05) is 27.7 Å². The van der Waals surface area contributed by atoms with E-state index in [1.165, 1.54) is 48.0 Å². The quantitative estimate of drug-likeness (QED) is 0.244. The van der Waals surface area contributed by atoms with Gasteiger partial charge in [0.25, 0.3) is 5.91 Å². The summed E-state index contributed by atoms with van der Waals surface area (Å²) in [6.45, 7) is 4.45. The number of hydrogen-bond acceptors (Lipinski definition) is 4. The van der Waals surface area contributed by atoms with Crippen LogP contribution in [0.25, 0.3) is 22.2 Å². The van der Waals surface area contributed by atoms with Crippen LogP contribution in [0.3, 0.4) is 0 Å². The van der Waals surface area contributed by atoms with Crippen LogP contribution in [0.2, 0.25) is 0 Å². The molecule has 3 aromatic carbocycles. The van der Waals surface area contributed by atoms with Gasteiger partial charge in [0.2, 0.25) is 5.91 Å². The molecule has 1 aromatic heterocycles. The molecule has 8 nitrogen and oxygen atoms in total. The highest BCUT2D eigenvalue weighted by atomic mass is 16.5. The second-order valence-corrected chi connectivity index (χ2v) is 11.7. The van der Waals surface area contributed by atoms with Gasteiger partial charge in [0.15, 0.2) is 0 Å². The highest BCUT2D eigenvalue weighted by Gasteiger charge is 2.32. The number of carbonyl (C=O) groups is 3. The molecule has 0 radical (unpaired) electrons. The fraction of sp³-hybridized carbons (Fsp3) is 0.324. The van der Waals surface area contributed by atoms with Crippen molar-refractivity contribution in [2.45, 2.75) is 64.0 Å². The molecule has 0 spiro atoms. The minimum absolute atomic E-state index is 0.0647. The lowest BCUT2D eigenvalue weighted by molar-refractivity contribution is -0.120. The van der Waals surface area contributed by atoms with E-state index in [1.54, 1.807) is 26.0 Å². The van der Waals surface area contributed by atoms with Crippen LogP contribution in [-0.4, -0.2) is 39.6 Å². The van der Waals surface area contributed by atoms with Crippen molar-refractivity contribution in [2.75, 3.05) is 11.9 Å². The van der Waals surface area contributed by atoms with Gasteiger partial charge in [0.1, 0.15) is 17.9 Å². The Balaban J connectivity index is 1.33. The van der Waals surface area contributed by atoms with Crippen molar-refractivity contribution in [3.63, 3.8) is 0 Å². The van der Waals surface area contributed by atoms with Gasteiger partial charge in [-0.1, -0.05) is 43.5 Å². The molecule has 0 saturated heterocycles. The predicted molar refractivity (Wildman–Crippen MR) is 162 cm³/mol. The third-order valence-corrected chi connectivity index (χ3v) is 8.46. The smallest absolute Gasteiger partial charge is 0.335 e. The molecule has 1 saturated carbocycles. The van der Waals surface area contributed by atoms with Crippen LogP contribution in [0.5, 0.6) is 5.75 Å². The van der Waals surface area contributed by atoms with E-state index in [9.17, 15) is 19.5 Å². The molecule has 1 aliphatic carbocycles.